The Morgan fingerprint density at radius 1 is 1.20 bits per heavy atom. The fourth-order valence-electron chi connectivity index (χ4n) is 3.53. The average molecular weight is 438 g/mol. The normalized spacial score (nSPS) is 15.3. The molecule has 0 fully saturated rings. The standard InChI is InChI=1S/C21H16ClN5O2S/c22-13-5-4-6-14(9-13)24-18(28)10-16-12-30-21-25-19-17(20(29)26(16)21)11-23-27(19)15-7-2-1-3-8-15/h1-9,11,16H,10,12H2,(H,24,28). The van der Waals surface area contributed by atoms with Crippen LogP contribution >= 0.6 is 23.4 Å². The number of hydrogen-bond donors (Lipinski definition) is 1. The van der Waals surface area contributed by atoms with E-state index in [2.05, 4.69) is 15.4 Å². The largest absolute Gasteiger partial charge is 0.326 e. The van der Waals surface area contributed by atoms with Gasteiger partial charge in [-0.3, -0.25) is 14.2 Å². The lowest BCUT2D eigenvalue weighted by molar-refractivity contribution is -0.116. The maximum Gasteiger partial charge on any atom is 0.265 e. The highest BCUT2D eigenvalue weighted by molar-refractivity contribution is 7.99. The van der Waals surface area contributed by atoms with Gasteiger partial charge in [-0.05, 0) is 30.3 Å². The molecule has 150 valence electrons. The first-order valence-corrected chi connectivity index (χ1v) is 10.7. The van der Waals surface area contributed by atoms with Gasteiger partial charge in [0, 0.05) is 22.9 Å². The summed E-state index contributed by atoms with van der Waals surface area (Å²) >= 11 is 7.44. The third-order valence-corrected chi connectivity index (χ3v) is 6.23. The van der Waals surface area contributed by atoms with Crippen molar-refractivity contribution in [2.75, 3.05) is 11.1 Å². The zero-order chi connectivity index (χ0) is 20.7. The molecule has 1 N–H and O–H groups in total. The molecule has 1 aliphatic heterocycles. The molecule has 0 saturated carbocycles. The number of carbonyl (C=O) groups excluding carboxylic acids is 1. The van der Waals surface area contributed by atoms with E-state index in [0.29, 0.717) is 32.7 Å². The fourth-order valence-corrected chi connectivity index (χ4v) is 4.85. The molecule has 0 bridgehead atoms. The molecule has 9 heteroatoms. The van der Waals surface area contributed by atoms with Crippen molar-refractivity contribution in [1.82, 2.24) is 19.3 Å². The van der Waals surface area contributed by atoms with E-state index in [4.69, 9.17) is 11.6 Å². The number of hydrogen-bond acceptors (Lipinski definition) is 5. The molecule has 0 radical (unpaired) electrons. The van der Waals surface area contributed by atoms with Crippen LogP contribution in [-0.2, 0) is 4.79 Å². The Morgan fingerprint density at radius 2 is 2.03 bits per heavy atom. The van der Waals surface area contributed by atoms with Crippen molar-refractivity contribution in [3.8, 4) is 5.69 Å². The van der Waals surface area contributed by atoms with Crippen molar-refractivity contribution in [1.29, 1.82) is 0 Å². The summed E-state index contributed by atoms with van der Waals surface area (Å²) < 4.78 is 3.28. The molecule has 1 amide bonds. The van der Waals surface area contributed by atoms with Crippen LogP contribution in [0.3, 0.4) is 0 Å². The lowest BCUT2D eigenvalue weighted by atomic mass is 10.2. The number of fused-ring (bicyclic) bond motifs is 2. The molecule has 3 heterocycles. The van der Waals surface area contributed by atoms with Gasteiger partial charge in [-0.25, -0.2) is 9.67 Å². The molecule has 1 aliphatic rings. The number of halogens is 1. The average Bonchev–Trinajstić information content (AvgIpc) is 3.34. The van der Waals surface area contributed by atoms with Gasteiger partial charge in [-0.1, -0.05) is 47.6 Å². The Bertz CT molecular complexity index is 1320. The second-order valence-electron chi connectivity index (χ2n) is 6.93. The zero-order valence-electron chi connectivity index (χ0n) is 15.7. The Kier molecular flexibility index (Phi) is 4.80. The lowest BCUT2D eigenvalue weighted by Crippen LogP contribution is -2.27. The van der Waals surface area contributed by atoms with Crippen LogP contribution in [0.15, 0.2) is 70.7 Å². The number of aromatic nitrogens is 4. The van der Waals surface area contributed by atoms with E-state index in [0.717, 1.165) is 5.69 Å². The number of thioether (sulfide) groups is 1. The van der Waals surface area contributed by atoms with Gasteiger partial charge in [0.2, 0.25) is 5.91 Å². The summed E-state index contributed by atoms with van der Waals surface area (Å²) in [5.74, 6) is 0.430. The molecule has 5 rings (SSSR count). The van der Waals surface area contributed by atoms with Crippen LogP contribution in [0.2, 0.25) is 5.02 Å². The van der Waals surface area contributed by atoms with Crippen molar-refractivity contribution in [3.63, 3.8) is 0 Å². The van der Waals surface area contributed by atoms with Crippen molar-refractivity contribution in [2.24, 2.45) is 0 Å². The SMILES string of the molecule is O=C(CC1CSc2nc3c(cnn3-c3ccccc3)c(=O)n21)Nc1cccc(Cl)c1. The van der Waals surface area contributed by atoms with Crippen molar-refractivity contribution in [3.05, 3.63) is 76.2 Å². The highest BCUT2D eigenvalue weighted by atomic mass is 35.5. The number of amides is 1. The van der Waals surface area contributed by atoms with Crippen LogP contribution in [0, 0.1) is 0 Å². The Balaban J connectivity index is 1.45. The highest BCUT2D eigenvalue weighted by Crippen LogP contribution is 2.33. The van der Waals surface area contributed by atoms with Gasteiger partial charge in [0.1, 0.15) is 5.39 Å². The summed E-state index contributed by atoms with van der Waals surface area (Å²) in [6.45, 7) is 0. The van der Waals surface area contributed by atoms with Crippen molar-refractivity contribution < 1.29 is 4.79 Å². The minimum atomic E-state index is -0.270. The molecule has 7 nitrogen and oxygen atoms in total. The summed E-state index contributed by atoms with van der Waals surface area (Å²) in [5, 5.41) is 8.78. The van der Waals surface area contributed by atoms with Gasteiger partial charge in [0.25, 0.3) is 5.56 Å². The number of nitrogens with one attached hydrogen (secondary N) is 1. The smallest absolute Gasteiger partial charge is 0.265 e. The first kappa shape index (κ1) is 18.9. The van der Waals surface area contributed by atoms with E-state index in [1.165, 1.54) is 18.0 Å². The van der Waals surface area contributed by atoms with Gasteiger partial charge >= 0.3 is 0 Å². The molecular formula is C21H16ClN5O2S. The summed E-state index contributed by atoms with van der Waals surface area (Å²) in [6.07, 6.45) is 1.71. The Hall–Kier alpha value is -3.10. The van der Waals surface area contributed by atoms with Gasteiger partial charge in [-0.2, -0.15) is 5.10 Å². The quantitative estimate of drug-likeness (QED) is 0.489. The molecule has 4 aromatic rings. The Morgan fingerprint density at radius 3 is 2.83 bits per heavy atom. The molecule has 30 heavy (non-hydrogen) atoms. The number of nitrogens with zero attached hydrogens (tertiary/aromatic N) is 4. The van der Waals surface area contributed by atoms with E-state index in [-0.39, 0.29) is 23.9 Å². The zero-order valence-corrected chi connectivity index (χ0v) is 17.2. The molecule has 2 aromatic carbocycles. The maximum atomic E-state index is 13.2. The number of benzene rings is 2. The highest BCUT2D eigenvalue weighted by Gasteiger charge is 2.29. The van der Waals surface area contributed by atoms with Gasteiger partial charge < -0.3 is 5.32 Å². The summed E-state index contributed by atoms with van der Waals surface area (Å²) in [5.41, 5.74) is 1.81. The van der Waals surface area contributed by atoms with Crippen LogP contribution < -0.4 is 10.9 Å². The van der Waals surface area contributed by atoms with Gasteiger partial charge in [0.05, 0.1) is 17.9 Å². The minimum Gasteiger partial charge on any atom is -0.326 e. The topological polar surface area (TPSA) is 81.8 Å². The second-order valence-corrected chi connectivity index (χ2v) is 8.35. The van der Waals surface area contributed by atoms with E-state index in [9.17, 15) is 9.59 Å². The van der Waals surface area contributed by atoms with Crippen molar-refractivity contribution in [2.45, 2.75) is 17.6 Å². The van der Waals surface area contributed by atoms with Crippen LogP contribution in [0.1, 0.15) is 12.5 Å². The molecule has 1 unspecified atom stereocenters. The van der Waals surface area contributed by atoms with E-state index in [1.807, 2.05) is 30.3 Å². The van der Waals surface area contributed by atoms with Crippen LogP contribution in [0.4, 0.5) is 5.69 Å². The molecule has 2 aromatic heterocycles. The monoisotopic (exact) mass is 437 g/mol. The van der Waals surface area contributed by atoms with Crippen molar-refractivity contribution >= 4 is 46.0 Å². The van der Waals surface area contributed by atoms with Gasteiger partial charge in [0.15, 0.2) is 10.8 Å². The number of rotatable bonds is 4. The first-order valence-electron chi connectivity index (χ1n) is 9.34. The molecule has 0 spiro atoms. The second kappa shape index (κ2) is 7.62. The first-order chi connectivity index (χ1) is 14.6. The Labute approximate surface area is 180 Å². The number of para-hydroxylation sites is 1. The molecule has 0 aliphatic carbocycles. The fraction of sp³-hybridized carbons (Fsp3) is 0.143. The van der Waals surface area contributed by atoms with Crippen LogP contribution in [-0.4, -0.2) is 31.0 Å². The summed E-state index contributed by atoms with van der Waals surface area (Å²) in [4.78, 5) is 30.4. The molecule has 1 atom stereocenters. The maximum absolute atomic E-state index is 13.2. The summed E-state index contributed by atoms with van der Waals surface area (Å²) in [7, 11) is 0. The van der Waals surface area contributed by atoms with Crippen LogP contribution in [0.5, 0.6) is 0 Å². The van der Waals surface area contributed by atoms with E-state index < -0.39 is 0 Å². The summed E-state index contributed by atoms with van der Waals surface area (Å²) in [6, 6.07) is 16.3. The molecule has 0 saturated heterocycles. The number of anilines is 1. The van der Waals surface area contributed by atoms with Crippen LogP contribution in [0.25, 0.3) is 16.7 Å². The molecular weight excluding hydrogens is 422 g/mol. The van der Waals surface area contributed by atoms with E-state index in [1.54, 1.807) is 33.5 Å². The predicted octanol–water partition coefficient (Wildman–Crippen LogP) is 3.91. The van der Waals surface area contributed by atoms with Gasteiger partial charge in [-0.15, -0.1) is 0 Å². The lowest BCUT2D eigenvalue weighted by Gasteiger charge is -2.13. The van der Waals surface area contributed by atoms with E-state index >= 15 is 0 Å². The third kappa shape index (κ3) is 3.38. The number of carbonyl (C=O) groups is 1. The minimum absolute atomic E-state index is 0.173. The predicted molar refractivity (Wildman–Crippen MR) is 118 cm³/mol. The third-order valence-electron chi connectivity index (χ3n) is 4.90.